The minimum absolute atomic E-state index is 0.125. The second kappa shape index (κ2) is 22.9. The lowest BCUT2D eigenvalue weighted by atomic mass is 10.0. The molecule has 0 fully saturated rings. The van der Waals surface area contributed by atoms with Crippen molar-refractivity contribution in [1.82, 2.24) is 0 Å². The molecule has 0 heterocycles. The number of aromatic hydroxyl groups is 1. The molecule has 0 spiro atoms. The van der Waals surface area contributed by atoms with E-state index >= 15 is 0 Å². The van der Waals surface area contributed by atoms with Gasteiger partial charge in [-0.2, -0.15) is 0 Å². The molecule has 0 saturated heterocycles. The van der Waals surface area contributed by atoms with Crippen LogP contribution in [0.4, 0.5) is 0 Å². The van der Waals surface area contributed by atoms with Gasteiger partial charge in [0.15, 0.2) is 0 Å². The fraction of sp³-hybridized carbons (Fsp3) is 0.714. The van der Waals surface area contributed by atoms with E-state index in [0.29, 0.717) is 5.75 Å². The number of ether oxygens (including phenoxy) is 1. The molecule has 0 saturated carbocycles. The Morgan fingerprint density at radius 2 is 1.28 bits per heavy atom. The van der Waals surface area contributed by atoms with Crippen molar-refractivity contribution in [3.63, 3.8) is 0 Å². The topological polar surface area (TPSA) is 69.9 Å². The lowest BCUT2D eigenvalue weighted by Gasteiger charge is -2.04. The summed E-state index contributed by atoms with van der Waals surface area (Å²) >= 11 is 0. The second-order valence-corrected chi connectivity index (χ2v) is 5.73. The van der Waals surface area contributed by atoms with Gasteiger partial charge in [-0.15, -0.1) is 0 Å². The maximum absolute atomic E-state index is 9.58. The molecule has 0 aliphatic rings. The largest absolute Gasteiger partial charge is 0.508 e. The van der Waals surface area contributed by atoms with Crippen molar-refractivity contribution in [3.8, 4) is 5.75 Å². The van der Waals surface area contributed by atoms with Gasteiger partial charge in [0.05, 0.1) is 13.2 Å². The molecule has 4 heteroatoms. The maximum atomic E-state index is 9.58. The second-order valence-electron chi connectivity index (χ2n) is 5.73. The number of para-hydroxylation sites is 1. The first-order chi connectivity index (χ1) is 12.2. The first-order valence-electron chi connectivity index (χ1n) is 9.74. The lowest BCUT2D eigenvalue weighted by molar-refractivity contribution is 0.162. The Balaban J connectivity index is 0. The number of aliphatic hydroxyl groups excluding tert-OH is 2. The van der Waals surface area contributed by atoms with Crippen LogP contribution in [0, 0.1) is 0 Å². The molecule has 148 valence electrons. The molecular formula is C21H40O4. The van der Waals surface area contributed by atoms with Gasteiger partial charge in [-0.25, -0.2) is 0 Å². The van der Waals surface area contributed by atoms with Gasteiger partial charge in [-0.3, -0.25) is 0 Å². The van der Waals surface area contributed by atoms with Gasteiger partial charge in [0.2, 0.25) is 0 Å². The Hall–Kier alpha value is -1.10. The maximum Gasteiger partial charge on any atom is 0.118 e. The summed E-state index contributed by atoms with van der Waals surface area (Å²) in [7, 11) is 0. The summed E-state index contributed by atoms with van der Waals surface area (Å²) in [6.45, 7) is 7.66. The fourth-order valence-corrected chi connectivity index (χ4v) is 2.20. The van der Waals surface area contributed by atoms with Crippen LogP contribution in [-0.4, -0.2) is 41.7 Å². The lowest BCUT2D eigenvalue weighted by Crippen LogP contribution is -1.87. The van der Waals surface area contributed by atoms with Gasteiger partial charge in [0, 0.05) is 13.2 Å². The van der Waals surface area contributed by atoms with Crippen molar-refractivity contribution >= 4 is 0 Å². The zero-order valence-corrected chi connectivity index (χ0v) is 16.5. The van der Waals surface area contributed by atoms with Crippen LogP contribution < -0.4 is 0 Å². The van der Waals surface area contributed by atoms with E-state index < -0.39 is 0 Å². The van der Waals surface area contributed by atoms with Crippen LogP contribution >= 0.6 is 0 Å². The molecule has 1 aromatic rings. The summed E-state index contributed by atoms with van der Waals surface area (Å²) in [6.07, 6.45) is 10.3. The van der Waals surface area contributed by atoms with E-state index in [2.05, 4.69) is 6.92 Å². The highest BCUT2D eigenvalue weighted by atomic mass is 16.5. The molecule has 0 aliphatic carbocycles. The van der Waals surface area contributed by atoms with E-state index in [0.717, 1.165) is 25.2 Å². The van der Waals surface area contributed by atoms with Crippen LogP contribution in [0.15, 0.2) is 24.3 Å². The molecule has 0 aromatic heterocycles. The summed E-state index contributed by atoms with van der Waals surface area (Å²) in [5, 5.41) is 24.8. The van der Waals surface area contributed by atoms with Crippen LogP contribution in [0.25, 0.3) is 0 Å². The Labute approximate surface area is 154 Å². The van der Waals surface area contributed by atoms with Crippen LogP contribution in [-0.2, 0) is 11.2 Å². The Morgan fingerprint density at radius 1 is 0.760 bits per heavy atom. The fourth-order valence-electron chi connectivity index (χ4n) is 2.20. The van der Waals surface area contributed by atoms with Crippen molar-refractivity contribution in [2.45, 2.75) is 72.1 Å². The van der Waals surface area contributed by atoms with Crippen molar-refractivity contribution in [1.29, 1.82) is 0 Å². The van der Waals surface area contributed by atoms with E-state index in [1.54, 1.807) is 6.07 Å². The Morgan fingerprint density at radius 3 is 1.72 bits per heavy atom. The standard InChI is InChI=1S/C15H24O.C4H10O.C2H6O2/c1-2-3-4-5-6-7-8-11-14-12-9-10-13-15(14)16;1-3-5-4-2;3-1-2-4/h9-10,12-13,16H,2-8,11H2,1H3;3-4H2,1-2H3;3-4H,1-2H2. The van der Waals surface area contributed by atoms with Gasteiger partial charge in [0.1, 0.15) is 5.75 Å². The number of phenolic OH excluding ortho intramolecular Hbond substituents is 1. The Bertz CT molecular complexity index is 352. The number of benzene rings is 1. The number of hydrogen-bond donors (Lipinski definition) is 3. The number of phenols is 1. The summed E-state index contributed by atoms with van der Waals surface area (Å²) < 4.78 is 4.83. The minimum Gasteiger partial charge on any atom is -0.508 e. The predicted octanol–water partition coefficient (Wildman–Crippen LogP) is 4.70. The molecule has 0 amide bonds. The van der Waals surface area contributed by atoms with Crippen molar-refractivity contribution in [3.05, 3.63) is 29.8 Å². The number of unbranched alkanes of at least 4 members (excludes halogenated alkanes) is 6. The number of hydrogen-bond acceptors (Lipinski definition) is 4. The summed E-state index contributed by atoms with van der Waals surface area (Å²) in [4.78, 5) is 0. The van der Waals surface area contributed by atoms with Crippen molar-refractivity contribution in [2.24, 2.45) is 0 Å². The summed E-state index contributed by atoms with van der Waals surface area (Å²) in [6, 6.07) is 7.67. The van der Waals surface area contributed by atoms with Gasteiger partial charge >= 0.3 is 0 Å². The third-order valence-corrected chi connectivity index (χ3v) is 3.55. The van der Waals surface area contributed by atoms with Crippen LogP contribution in [0.2, 0.25) is 0 Å². The Kier molecular flexibility index (Phi) is 23.9. The molecule has 25 heavy (non-hydrogen) atoms. The van der Waals surface area contributed by atoms with Crippen LogP contribution in [0.3, 0.4) is 0 Å². The van der Waals surface area contributed by atoms with E-state index in [1.165, 1.54) is 44.9 Å². The average molecular weight is 357 g/mol. The third-order valence-electron chi connectivity index (χ3n) is 3.55. The van der Waals surface area contributed by atoms with E-state index in [4.69, 9.17) is 14.9 Å². The van der Waals surface area contributed by atoms with E-state index in [-0.39, 0.29) is 13.2 Å². The van der Waals surface area contributed by atoms with Gasteiger partial charge in [-0.05, 0) is 38.3 Å². The number of rotatable bonds is 11. The first-order valence-corrected chi connectivity index (χ1v) is 9.74. The van der Waals surface area contributed by atoms with E-state index in [1.807, 2.05) is 32.0 Å². The SMILES string of the molecule is CCCCCCCCCc1ccccc1O.CCOCC.OCCO. The average Bonchev–Trinajstić information content (AvgIpc) is 2.64. The van der Waals surface area contributed by atoms with E-state index in [9.17, 15) is 5.11 Å². The molecule has 0 atom stereocenters. The zero-order valence-electron chi connectivity index (χ0n) is 16.5. The molecule has 3 N–H and O–H groups in total. The monoisotopic (exact) mass is 356 g/mol. The van der Waals surface area contributed by atoms with Crippen molar-refractivity contribution < 1.29 is 20.1 Å². The third kappa shape index (κ3) is 20.9. The highest BCUT2D eigenvalue weighted by Gasteiger charge is 1.98. The van der Waals surface area contributed by atoms with Gasteiger partial charge in [-0.1, -0.05) is 63.6 Å². The molecule has 1 rings (SSSR count). The van der Waals surface area contributed by atoms with Gasteiger partial charge in [0.25, 0.3) is 0 Å². The van der Waals surface area contributed by atoms with Crippen molar-refractivity contribution in [2.75, 3.05) is 26.4 Å². The van der Waals surface area contributed by atoms with Gasteiger partial charge < -0.3 is 20.1 Å². The highest BCUT2D eigenvalue weighted by Crippen LogP contribution is 2.18. The number of aryl methyl sites for hydroxylation is 1. The number of aliphatic hydroxyl groups is 2. The smallest absolute Gasteiger partial charge is 0.118 e. The highest BCUT2D eigenvalue weighted by molar-refractivity contribution is 5.31. The first kappa shape index (κ1) is 26.1. The quantitative estimate of drug-likeness (QED) is 0.503. The molecular weight excluding hydrogens is 316 g/mol. The molecule has 0 radical (unpaired) electrons. The summed E-state index contributed by atoms with van der Waals surface area (Å²) in [5.41, 5.74) is 1.09. The van der Waals surface area contributed by atoms with Crippen LogP contribution in [0.1, 0.15) is 71.3 Å². The zero-order chi connectivity index (χ0) is 19.2. The molecule has 0 aliphatic heterocycles. The predicted molar refractivity (Wildman–Crippen MR) is 106 cm³/mol. The summed E-state index contributed by atoms with van der Waals surface area (Å²) in [5.74, 6) is 0.452. The molecule has 0 unspecified atom stereocenters. The molecule has 1 aromatic carbocycles. The normalized spacial score (nSPS) is 9.64. The van der Waals surface area contributed by atoms with Crippen LogP contribution in [0.5, 0.6) is 5.75 Å². The molecule has 4 nitrogen and oxygen atoms in total. The minimum atomic E-state index is -0.125. The molecule has 0 bridgehead atoms.